The minimum atomic E-state index is -0.784. The van der Waals surface area contributed by atoms with Crippen LogP contribution in [0.1, 0.15) is 25.3 Å². The van der Waals surface area contributed by atoms with Gasteiger partial charge in [-0.3, -0.25) is 14.9 Å². The van der Waals surface area contributed by atoms with Gasteiger partial charge in [0.05, 0.1) is 20.3 Å². The predicted octanol–water partition coefficient (Wildman–Crippen LogP) is 1.38. The lowest BCUT2D eigenvalue weighted by atomic mass is 10.1. The smallest absolute Gasteiger partial charge is 0.328 e. The van der Waals surface area contributed by atoms with Crippen molar-refractivity contribution in [3.63, 3.8) is 0 Å². The Bertz CT molecular complexity index is 689. The monoisotopic (exact) mass is 374 g/mol. The van der Waals surface area contributed by atoms with Crippen molar-refractivity contribution >= 4 is 23.9 Å². The fourth-order valence-electron chi connectivity index (χ4n) is 3.10. The number of benzene rings is 1. The summed E-state index contributed by atoms with van der Waals surface area (Å²) in [6.45, 7) is 2.16. The van der Waals surface area contributed by atoms with Crippen molar-refractivity contribution in [3.8, 4) is 0 Å². The highest BCUT2D eigenvalue weighted by molar-refractivity contribution is 5.89. The van der Waals surface area contributed by atoms with E-state index in [2.05, 4.69) is 5.32 Å². The van der Waals surface area contributed by atoms with E-state index in [0.717, 1.165) is 12.0 Å². The maximum absolute atomic E-state index is 12.8. The zero-order chi connectivity index (χ0) is 19.8. The van der Waals surface area contributed by atoms with E-state index in [1.165, 1.54) is 19.1 Å². The zero-order valence-electron chi connectivity index (χ0n) is 15.9. The van der Waals surface area contributed by atoms with Crippen LogP contribution in [0.3, 0.4) is 0 Å². The zero-order valence-corrected chi connectivity index (χ0v) is 15.9. The summed E-state index contributed by atoms with van der Waals surface area (Å²) in [4.78, 5) is 38.3. The van der Waals surface area contributed by atoms with Crippen molar-refractivity contribution in [2.75, 3.05) is 20.8 Å². The van der Waals surface area contributed by atoms with Gasteiger partial charge < -0.3 is 14.4 Å². The number of amides is 1. The molecule has 0 radical (unpaired) electrons. The summed E-state index contributed by atoms with van der Waals surface area (Å²) in [5.74, 6) is -1.15. The molecule has 1 aromatic rings. The molecule has 7 heteroatoms. The van der Waals surface area contributed by atoms with Crippen molar-refractivity contribution < 1.29 is 23.9 Å². The van der Waals surface area contributed by atoms with Gasteiger partial charge in [-0.1, -0.05) is 42.5 Å². The Morgan fingerprint density at radius 1 is 1.19 bits per heavy atom. The molecule has 1 fully saturated rings. The number of esters is 2. The standard InChI is InChI=1S/C20H26N2O5/c1-14(18(23)22-13-7-10-17(22)20(25)27-3)21-16(19(24)26-2)12-11-15-8-5-4-6-9-15/h4-6,8-9,11-12,14,16-17,21H,7,10,13H2,1-3H3/b12-11+/t14-,16?,17-/m0/s1. The van der Waals surface area contributed by atoms with E-state index < -0.39 is 30.1 Å². The van der Waals surface area contributed by atoms with Crippen LogP contribution in [0.25, 0.3) is 6.08 Å². The van der Waals surface area contributed by atoms with Crippen molar-refractivity contribution in [1.29, 1.82) is 0 Å². The summed E-state index contributed by atoms with van der Waals surface area (Å²) < 4.78 is 9.61. The summed E-state index contributed by atoms with van der Waals surface area (Å²) >= 11 is 0. The van der Waals surface area contributed by atoms with Crippen LogP contribution in [0.15, 0.2) is 36.4 Å². The molecule has 146 valence electrons. The SMILES string of the molecule is COC(=O)C(/C=C/c1ccccc1)N[C@@H](C)C(=O)N1CCC[C@H]1C(=O)OC. The molecule has 1 unspecified atom stereocenters. The van der Waals surface area contributed by atoms with Gasteiger partial charge in [0.15, 0.2) is 0 Å². The van der Waals surface area contributed by atoms with Gasteiger partial charge in [-0.25, -0.2) is 4.79 Å². The number of likely N-dealkylation sites (tertiary alicyclic amines) is 1. The molecule has 0 spiro atoms. The van der Waals surface area contributed by atoms with Gasteiger partial charge >= 0.3 is 11.9 Å². The first kappa shape index (κ1) is 20.6. The molecule has 1 aliphatic heterocycles. The third-order valence-corrected chi connectivity index (χ3v) is 4.54. The molecular weight excluding hydrogens is 348 g/mol. The number of carbonyl (C=O) groups excluding carboxylic acids is 3. The van der Waals surface area contributed by atoms with E-state index in [-0.39, 0.29) is 5.91 Å². The molecule has 0 bridgehead atoms. The highest BCUT2D eigenvalue weighted by atomic mass is 16.5. The molecule has 0 saturated carbocycles. The van der Waals surface area contributed by atoms with E-state index in [0.29, 0.717) is 13.0 Å². The van der Waals surface area contributed by atoms with Crippen LogP contribution in [0.4, 0.5) is 0 Å². The number of hydrogen-bond donors (Lipinski definition) is 1. The number of methoxy groups -OCH3 is 2. The number of carbonyl (C=O) groups is 3. The fraction of sp³-hybridized carbons (Fsp3) is 0.450. The maximum Gasteiger partial charge on any atom is 0.328 e. The van der Waals surface area contributed by atoms with Gasteiger partial charge in [-0.2, -0.15) is 0 Å². The Labute approximate surface area is 159 Å². The van der Waals surface area contributed by atoms with Crippen LogP contribution >= 0.6 is 0 Å². The van der Waals surface area contributed by atoms with E-state index in [4.69, 9.17) is 9.47 Å². The van der Waals surface area contributed by atoms with Gasteiger partial charge in [0, 0.05) is 6.54 Å². The Morgan fingerprint density at radius 3 is 2.52 bits per heavy atom. The minimum Gasteiger partial charge on any atom is -0.468 e. The summed E-state index contributed by atoms with van der Waals surface area (Å²) in [6.07, 6.45) is 4.78. The Balaban J connectivity index is 2.07. The third kappa shape index (κ3) is 5.40. The lowest BCUT2D eigenvalue weighted by Crippen LogP contribution is -2.52. The average Bonchev–Trinajstić information content (AvgIpc) is 3.19. The van der Waals surface area contributed by atoms with E-state index >= 15 is 0 Å². The molecule has 1 heterocycles. The van der Waals surface area contributed by atoms with Crippen molar-refractivity contribution in [2.24, 2.45) is 0 Å². The maximum atomic E-state index is 12.8. The largest absolute Gasteiger partial charge is 0.468 e. The second-order valence-corrected chi connectivity index (χ2v) is 6.37. The molecule has 1 aromatic carbocycles. The van der Waals surface area contributed by atoms with Crippen LogP contribution in [0, 0.1) is 0 Å². The molecule has 27 heavy (non-hydrogen) atoms. The Hall–Kier alpha value is -2.67. The summed E-state index contributed by atoms with van der Waals surface area (Å²) in [7, 11) is 2.61. The van der Waals surface area contributed by atoms with Gasteiger partial charge in [-0.05, 0) is 25.3 Å². The Kier molecular flexibility index (Phi) is 7.55. The van der Waals surface area contributed by atoms with Gasteiger partial charge in [0.2, 0.25) is 5.91 Å². The van der Waals surface area contributed by atoms with Crippen molar-refractivity contribution in [3.05, 3.63) is 42.0 Å². The van der Waals surface area contributed by atoms with Gasteiger partial charge in [0.1, 0.15) is 12.1 Å². The molecular formula is C20H26N2O5. The lowest BCUT2D eigenvalue weighted by Gasteiger charge is -2.27. The molecule has 0 aromatic heterocycles. The molecule has 1 amide bonds. The molecule has 7 nitrogen and oxygen atoms in total. The van der Waals surface area contributed by atoms with Crippen LogP contribution in [-0.4, -0.2) is 61.6 Å². The van der Waals surface area contributed by atoms with E-state index in [9.17, 15) is 14.4 Å². The number of nitrogens with one attached hydrogen (secondary N) is 1. The van der Waals surface area contributed by atoms with Crippen LogP contribution < -0.4 is 5.32 Å². The number of ether oxygens (including phenoxy) is 2. The third-order valence-electron chi connectivity index (χ3n) is 4.54. The first-order valence-electron chi connectivity index (χ1n) is 8.93. The summed E-state index contributed by atoms with van der Waals surface area (Å²) in [5.41, 5.74) is 0.928. The van der Waals surface area contributed by atoms with Gasteiger partial charge in [-0.15, -0.1) is 0 Å². The molecule has 1 N–H and O–H groups in total. The number of hydrogen-bond acceptors (Lipinski definition) is 6. The molecule has 1 saturated heterocycles. The first-order chi connectivity index (χ1) is 13.0. The van der Waals surface area contributed by atoms with Crippen molar-refractivity contribution in [1.82, 2.24) is 10.2 Å². The summed E-state index contributed by atoms with van der Waals surface area (Å²) in [6, 6.07) is 7.49. The Morgan fingerprint density at radius 2 is 1.89 bits per heavy atom. The molecule has 0 aliphatic carbocycles. The number of nitrogens with zero attached hydrogens (tertiary/aromatic N) is 1. The average molecular weight is 374 g/mol. The van der Waals surface area contributed by atoms with E-state index in [1.807, 2.05) is 30.3 Å². The van der Waals surface area contributed by atoms with Gasteiger partial charge in [0.25, 0.3) is 0 Å². The number of rotatable bonds is 7. The lowest BCUT2D eigenvalue weighted by molar-refractivity contribution is -0.152. The fourth-order valence-corrected chi connectivity index (χ4v) is 3.10. The highest BCUT2D eigenvalue weighted by Crippen LogP contribution is 2.19. The first-order valence-corrected chi connectivity index (χ1v) is 8.93. The summed E-state index contributed by atoms with van der Waals surface area (Å²) in [5, 5.41) is 2.99. The minimum absolute atomic E-state index is 0.245. The van der Waals surface area contributed by atoms with E-state index in [1.54, 1.807) is 19.1 Å². The predicted molar refractivity (Wildman–Crippen MR) is 101 cm³/mol. The molecule has 3 atom stereocenters. The quantitative estimate of drug-likeness (QED) is 0.726. The second kappa shape index (κ2) is 9.87. The van der Waals surface area contributed by atoms with Crippen molar-refractivity contribution in [2.45, 2.75) is 37.9 Å². The topological polar surface area (TPSA) is 84.9 Å². The van der Waals surface area contributed by atoms with Crippen LogP contribution in [-0.2, 0) is 23.9 Å². The van der Waals surface area contributed by atoms with Crippen LogP contribution in [0.5, 0.6) is 0 Å². The molecule has 2 rings (SSSR count). The normalized spacial score (nSPS) is 18.9. The highest BCUT2D eigenvalue weighted by Gasteiger charge is 2.37. The second-order valence-electron chi connectivity index (χ2n) is 6.37. The van der Waals surface area contributed by atoms with Crippen LogP contribution in [0.2, 0.25) is 0 Å². The molecule has 1 aliphatic rings.